The molecule has 0 amide bonds. The largest absolute Gasteiger partial charge is 0.477 e. The first kappa shape index (κ1) is 11.4. The maximum atomic E-state index is 10.6. The molecule has 1 N–H and O–H groups in total. The minimum atomic E-state index is -1.10. The number of aromatic nitrogens is 2. The Morgan fingerprint density at radius 3 is 3.00 bits per heavy atom. The van der Waals surface area contributed by atoms with Gasteiger partial charge in [0.15, 0.2) is 5.69 Å². The molecule has 6 nitrogen and oxygen atoms in total. The van der Waals surface area contributed by atoms with E-state index in [2.05, 4.69) is 9.97 Å². The summed E-state index contributed by atoms with van der Waals surface area (Å²) in [5.41, 5.74) is -0.0771. The van der Waals surface area contributed by atoms with E-state index in [1.807, 2.05) is 0 Å². The Morgan fingerprint density at radius 2 is 2.33 bits per heavy atom. The van der Waals surface area contributed by atoms with Gasteiger partial charge in [-0.25, -0.2) is 9.78 Å². The second kappa shape index (κ2) is 5.92. The van der Waals surface area contributed by atoms with Crippen molar-refractivity contribution in [3.63, 3.8) is 0 Å². The lowest BCUT2D eigenvalue weighted by Gasteiger charge is -2.03. The van der Waals surface area contributed by atoms with Crippen molar-refractivity contribution in [1.29, 1.82) is 0 Å². The van der Waals surface area contributed by atoms with Crippen molar-refractivity contribution >= 4 is 5.97 Å². The summed E-state index contributed by atoms with van der Waals surface area (Å²) >= 11 is 0. The Bertz CT molecular complexity index is 330. The van der Waals surface area contributed by atoms with Crippen molar-refractivity contribution in [2.24, 2.45) is 0 Å². The Hall–Kier alpha value is -1.69. The molecular weight excluding hydrogens is 200 g/mol. The fourth-order valence-corrected chi connectivity index (χ4v) is 0.896. The molecule has 15 heavy (non-hydrogen) atoms. The van der Waals surface area contributed by atoms with Crippen LogP contribution < -0.4 is 4.74 Å². The van der Waals surface area contributed by atoms with Crippen molar-refractivity contribution in [3.8, 4) is 6.01 Å². The second-order valence-electron chi connectivity index (χ2n) is 2.72. The fourth-order valence-electron chi connectivity index (χ4n) is 0.896. The number of hydrogen-bond acceptors (Lipinski definition) is 5. The first-order valence-electron chi connectivity index (χ1n) is 4.42. The average Bonchev–Trinajstić information content (AvgIpc) is 2.25. The molecule has 1 aromatic heterocycles. The summed E-state index contributed by atoms with van der Waals surface area (Å²) in [5, 5.41) is 8.65. The van der Waals surface area contributed by atoms with E-state index >= 15 is 0 Å². The van der Waals surface area contributed by atoms with Crippen LogP contribution in [0, 0.1) is 0 Å². The van der Waals surface area contributed by atoms with E-state index < -0.39 is 5.97 Å². The van der Waals surface area contributed by atoms with E-state index in [0.29, 0.717) is 19.6 Å². The van der Waals surface area contributed by atoms with Crippen LogP contribution in [0.15, 0.2) is 12.3 Å². The van der Waals surface area contributed by atoms with Crippen LogP contribution in [-0.4, -0.2) is 41.4 Å². The van der Waals surface area contributed by atoms with Crippen LogP contribution in [0.3, 0.4) is 0 Å². The third-order valence-corrected chi connectivity index (χ3v) is 1.58. The maximum Gasteiger partial charge on any atom is 0.354 e. The average molecular weight is 212 g/mol. The SMILES string of the molecule is COCCCOc1nccc(C(=O)O)n1. The van der Waals surface area contributed by atoms with Crippen LogP contribution in [0.5, 0.6) is 6.01 Å². The van der Waals surface area contributed by atoms with Gasteiger partial charge in [-0.3, -0.25) is 0 Å². The standard InChI is InChI=1S/C9H12N2O4/c1-14-5-2-6-15-9-10-4-3-7(11-9)8(12)13/h3-4H,2,5-6H2,1H3,(H,12,13). The minimum Gasteiger partial charge on any atom is -0.477 e. The van der Waals surface area contributed by atoms with Crippen molar-refractivity contribution in [1.82, 2.24) is 9.97 Å². The lowest BCUT2D eigenvalue weighted by atomic mass is 10.4. The van der Waals surface area contributed by atoms with E-state index in [1.54, 1.807) is 7.11 Å². The summed E-state index contributed by atoms with van der Waals surface area (Å²) in [5.74, 6) is -1.10. The molecule has 0 spiro atoms. The Labute approximate surface area is 86.9 Å². The molecule has 0 aliphatic rings. The lowest BCUT2D eigenvalue weighted by Crippen LogP contribution is -2.07. The molecule has 0 aromatic carbocycles. The van der Waals surface area contributed by atoms with Gasteiger partial charge in [0.1, 0.15) is 0 Å². The van der Waals surface area contributed by atoms with E-state index in [9.17, 15) is 4.79 Å². The molecule has 0 atom stereocenters. The van der Waals surface area contributed by atoms with Crippen molar-refractivity contribution in [2.75, 3.05) is 20.3 Å². The molecule has 1 heterocycles. The number of methoxy groups -OCH3 is 1. The maximum absolute atomic E-state index is 10.6. The lowest BCUT2D eigenvalue weighted by molar-refractivity contribution is 0.0688. The molecule has 1 aromatic rings. The van der Waals surface area contributed by atoms with Crippen LogP contribution in [0.25, 0.3) is 0 Å². The normalized spacial score (nSPS) is 9.93. The molecule has 0 aliphatic carbocycles. The summed E-state index contributed by atoms with van der Waals surface area (Å²) < 4.78 is 9.96. The number of ether oxygens (including phenoxy) is 2. The third kappa shape index (κ3) is 3.90. The van der Waals surface area contributed by atoms with Crippen LogP contribution >= 0.6 is 0 Å². The number of carbonyl (C=O) groups is 1. The molecule has 0 saturated carbocycles. The van der Waals surface area contributed by atoms with E-state index in [4.69, 9.17) is 14.6 Å². The second-order valence-corrected chi connectivity index (χ2v) is 2.72. The van der Waals surface area contributed by atoms with Gasteiger partial charge < -0.3 is 14.6 Å². The van der Waals surface area contributed by atoms with Crippen molar-refractivity contribution in [2.45, 2.75) is 6.42 Å². The molecule has 0 unspecified atom stereocenters. The van der Waals surface area contributed by atoms with Crippen LogP contribution in [-0.2, 0) is 4.74 Å². The molecule has 6 heteroatoms. The quantitative estimate of drug-likeness (QED) is 0.695. The number of nitrogens with zero attached hydrogens (tertiary/aromatic N) is 2. The van der Waals surface area contributed by atoms with Gasteiger partial charge in [-0.2, -0.15) is 4.98 Å². The number of rotatable bonds is 6. The number of carboxylic acid groups (broad SMARTS) is 1. The summed E-state index contributed by atoms with van der Waals surface area (Å²) in [6, 6.07) is 1.38. The molecule has 0 bridgehead atoms. The van der Waals surface area contributed by atoms with Gasteiger partial charge in [0.05, 0.1) is 6.61 Å². The van der Waals surface area contributed by atoms with E-state index in [0.717, 1.165) is 0 Å². The first-order chi connectivity index (χ1) is 7.24. The predicted octanol–water partition coefficient (Wildman–Crippen LogP) is 0.590. The Morgan fingerprint density at radius 1 is 1.53 bits per heavy atom. The van der Waals surface area contributed by atoms with Crippen molar-refractivity contribution in [3.05, 3.63) is 18.0 Å². The van der Waals surface area contributed by atoms with Gasteiger partial charge in [0, 0.05) is 26.3 Å². The summed E-state index contributed by atoms with van der Waals surface area (Å²) in [4.78, 5) is 18.0. The third-order valence-electron chi connectivity index (χ3n) is 1.58. The van der Waals surface area contributed by atoms with Crippen LogP contribution in [0.4, 0.5) is 0 Å². The van der Waals surface area contributed by atoms with E-state index in [1.165, 1.54) is 12.3 Å². The molecular formula is C9H12N2O4. The highest BCUT2D eigenvalue weighted by molar-refractivity contribution is 5.85. The zero-order chi connectivity index (χ0) is 11.1. The molecule has 82 valence electrons. The van der Waals surface area contributed by atoms with Gasteiger partial charge in [0.2, 0.25) is 0 Å². The van der Waals surface area contributed by atoms with Gasteiger partial charge >= 0.3 is 12.0 Å². The number of carboxylic acids is 1. The topological polar surface area (TPSA) is 81.5 Å². The highest BCUT2D eigenvalue weighted by Crippen LogP contribution is 2.03. The molecule has 0 aliphatic heterocycles. The minimum absolute atomic E-state index is 0.0750. The van der Waals surface area contributed by atoms with Gasteiger partial charge in [-0.1, -0.05) is 0 Å². The van der Waals surface area contributed by atoms with Gasteiger partial charge in [-0.15, -0.1) is 0 Å². The summed E-state index contributed by atoms with van der Waals surface area (Å²) in [6.07, 6.45) is 2.05. The first-order valence-corrected chi connectivity index (χ1v) is 4.42. The molecule has 0 radical (unpaired) electrons. The molecule has 0 fully saturated rings. The fraction of sp³-hybridized carbons (Fsp3) is 0.444. The predicted molar refractivity (Wildman–Crippen MR) is 51.0 cm³/mol. The number of hydrogen-bond donors (Lipinski definition) is 1. The highest BCUT2D eigenvalue weighted by Gasteiger charge is 2.06. The highest BCUT2D eigenvalue weighted by atomic mass is 16.5. The zero-order valence-electron chi connectivity index (χ0n) is 8.34. The smallest absolute Gasteiger partial charge is 0.354 e. The summed E-state index contributed by atoms with van der Waals surface area (Å²) in [7, 11) is 1.60. The molecule has 0 saturated heterocycles. The molecule has 1 rings (SSSR count). The summed E-state index contributed by atoms with van der Waals surface area (Å²) in [6.45, 7) is 0.982. The van der Waals surface area contributed by atoms with Crippen LogP contribution in [0.1, 0.15) is 16.9 Å². The van der Waals surface area contributed by atoms with Gasteiger partial charge in [-0.05, 0) is 6.07 Å². The van der Waals surface area contributed by atoms with Crippen LogP contribution in [0.2, 0.25) is 0 Å². The van der Waals surface area contributed by atoms with Gasteiger partial charge in [0.25, 0.3) is 0 Å². The van der Waals surface area contributed by atoms with Crippen molar-refractivity contribution < 1.29 is 19.4 Å². The zero-order valence-corrected chi connectivity index (χ0v) is 8.34. The Kier molecular flexibility index (Phi) is 4.49. The Balaban J connectivity index is 2.47. The monoisotopic (exact) mass is 212 g/mol. The number of aromatic carboxylic acids is 1. The van der Waals surface area contributed by atoms with E-state index in [-0.39, 0.29) is 11.7 Å².